The third-order valence-electron chi connectivity index (χ3n) is 3.19. The molecule has 2 aliphatic heterocycles. The Morgan fingerprint density at radius 2 is 2.33 bits per heavy atom. The van der Waals surface area contributed by atoms with Crippen molar-refractivity contribution in [2.75, 3.05) is 20.1 Å². The van der Waals surface area contributed by atoms with E-state index in [-0.39, 0.29) is 0 Å². The van der Waals surface area contributed by atoms with Crippen molar-refractivity contribution in [1.29, 1.82) is 0 Å². The molecule has 0 aromatic rings. The van der Waals surface area contributed by atoms with Crippen LogP contribution in [0.2, 0.25) is 0 Å². The van der Waals surface area contributed by atoms with Gasteiger partial charge in [-0.25, -0.2) is 0 Å². The molecule has 2 rings (SSSR count). The maximum absolute atomic E-state index is 11.4. The monoisotopic (exact) mass is 168 g/mol. The molecular weight excluding hydrogens is 152 g/mol. The van der Waals surface area contributed by atoms with Gasteiger partial charge < -0.3 is 10.2 Å². The van der Waals surface area contributed by atoms with E-state index in [1.54, 1.807) is 0 Å². The zero-order valence-corrected chi connectivity index (χ0v) is 7.55. The Hall–Kier alpha value is -0.570. The smallest absolute Gasteiger partial charge is 0.222 e. The van der Waals surface area contributed by atoms with Gasteiger partial charge in [-0.05, 0) is 31.8 Å². The fourth-order valence-electron chi connectivity index (χ4n) is 2.38. The third-order valence-corrected chi connectivity index (χ3v) is 3.19. The zero-order valence-electron chi connectivity index (χ0n) is 7.55. The lowest BCUT2D eigenvalue weighted by atomic mass is 9.85. The van der Waals surface area contributed by atoms with Crippen molar-refractivity contribution in [1.82, 2.24) is 10.2 Å². The molecule has 68 valence electrons. The predicted octanol–water partition coefficient (Wildman–Crippen LogP) is 0.217. The van der Waals surface area contributed by atoms with Gasteiger partial charge in [0.1, 0.15) is 0 Å². The van der Waals surface area contributed by atoms with E-state index in [0.29, 0.717) is 17.9 Å². The molecule has 3 nitrogen and oxygen atoms in total. The second-order valence-corrected chi connectivity index (χ2v) is 3.86. The molecule has 0 aliphatic carbocycles. The van der Waals surface area contributed by atoms with Crippen LogP contribution >= 0.6 is 0 Å². The molecule has 0 bridgehead atoms. The molecule has 2 unspecified atom stereocenters. The zero-order chi connectivity index (χ0) is 8.55. The van der Waals surface area contributed by atoms with Crippen molar-refractivity contribution < 1.29 is 4.79 Å². The Balaban J connectivity index is 2.08. The highest BCUT2D eigenvalue weighted by Crippen LogP contribution is 2.26. The van der Waals surface area contributed by atoms with E-state index >= 15 is 0 Å². The van der Waals surface area contributed by atoms with E-state index in [9.17, 15) is 4.79 Å². The highest BCUT2D eigenvalue weighted by atomic mass is 16.2. The molecule has 3 heteroatoms. The van der Waals surface area contributed by atoms with Crippen LogP contribution in [0.4, 0.5) is 0 Å². The van der Waals surface area contributed by atoms with Crippen LogP contribution in [0.3, 0.4) is 0 Å². The summed E-state index contributed by atoms with van der Waals surface area (Å²) in [5.41, 5.74) is 0. The van der Waals surface area contributed by atoms with Crippen molar-refractivity contribution in [3.8, 4) is 0 Å². The Morgan fingerprint density at radius 3 is 3.17 bits per heavy atom. The predicted molar refractivity (Wildman–Crippen MR) is 46.8 cm³/mol. The van der Waals surface area contributed by atoms with Gasteiger partial charge in [0.05, 0.1) is 0 Å². The quantitative estimate of drug-likeness (QED) is 0.561. The Bertz CT molecular complexity index is 193. The molecule has 0 aromatic carbocycles. The van der Waals surface area contributed by atoms with Gasteiger partial charge in [-0.15, -0.1) is 0 Å². The number of carbonyl (C=O) groups is 1. The molecule has 0 saturated carbocycles. The fourth-order valence-corrected chi connectivity index (χ4v) is 2.38. The summed E-state index contributed by atoms with van der Waals surface area (Å²) in [6.45, 7) is 2.17. The van der Waals surface area contributed by atoms with Gasteiger partial charge in [0.15, 0.2) is 0 Å². The second-order valence-electron chi connectivity index (χ2n) is 3.86. The first-order chi connectivity index (χ1) is 5.79. The highest BCUT2D eigenvalue weighted by molar-refractivity contribution is 5.77. The molecule has 1 amide bonds. The molecule has 1 N–H and O–H groups in total. The minimum Gasteiger partial charge on any atom is -0.342 e. The van der Waals surface area contributed by atoms with Crippen molar-refractivity contribution in [3.63, 3.8) is 0 Å². The minimum absolute atomic E-state index is 0.332. The molecule has 2 fully saturated rings. The molecule has 2 aliphatic rings. The number of hydrogen-bond acceptors (Lipinski definition) is 2. The van der Waals surface area contributed by atoms with Crippen LogP contribution in [0.15, 0.2) is 0 Å². The number of rotatable bonds is 0. The van der Waals surface area contributed by atoms with E-state index < -0.39 is 0 Å². The van der Waals surface area contributed by atoms with Crippen LogP contribution < -0.4 is 5.32 Å². The van der Waals surface area contributed by atoms with Gasteiger partial charge >= 0.3 is 0 Å². The number of carbonyl (C=O) groups excluding carboxylic acids is 1. The second kappa shape index (κ2) is 3.05. The lowest BCUT2D eigenvalue weighted by Gasteiger charge is -2.42. The first kappa shape index (κ1) is 8.05. The van der Waals surface area contributed by atoms with E-state index in [4.69, 9.17) is 0 Å². The Labute approximate surface area is 73.1 Å². The van der Waals surface area contributed by atoms with Gasteiger partial charge in [-0.3, -0.25) is 4.79 Å². The van der Waals surface area contributed by atoms with Gasteiger partial charge in [0.25, 0.3) is 0 Å². The molecule has 12 heavy (non-hydrogen) atoms. The van der Waals surface area contributed by atoms with Gasteiger partial charge in [-0.1, -0.05) is 0 Å². The fraction of sp³-hybridized carbons (Fsp3) is 0.889. The number of piperidine rings is 2. The lowest BCUT2D eigenvalue weighted by Crippen LogP contribution is -2.53. The maximum atomic E-state index is 11.4. The number of fused-ring (bicyclic) bond motifs is 1. The first-order valence-corrected chi connectivity index (χ1v) is 4.75. The SMILES string of the molecule is CN1C(=O)CCC2CNCCC21. The van der Waals surface area contributed by atoms with Crippen molar-refractivity contribution in [2.45, 2.75) is 25.3 Å². The number of hydrogen-bond donors (Lipinski definition) is 1. The molecule has 2 saturated heterocycles. The normalized spacial score (nSPS) is 36.4. The average Bonchev–Trinajstić information content (AvgIpc) is 2.12. The standard InChI is InChI=1S/C9H16N2O/c1-11-8-4-5-10-6-7(8)2-3-9(11)12/h7-8,10H,2-6H2,1H3. The lowest BCUT2D eigenvalue weighted by molar-refractivity contribution is -0.137. The molecular formula is C9H16N2O. The molecule has 0 aromatic heterocycles. The Kier molecular flexibility index (Phi) is 2.05. The summed E-state index contributed by atoms with van der Waals surface area (Å²) < 4.78 is 0. The third kappa shape index (κ3) is 1.22. The molecule has 2 atom stereocenters. The van der Waals surface area contributed by atoms with Gasteiger partial charge in [0.2, 0.25) is 5.91 Å². The summed E-state index contributed by atoms with van der Waals surface area (Å²) >= 11 is 0. The van der Waals surface area contributed by atoms with Crippen LogP contribution in [0.1, 0.15) is 19.3 Å². The number of likely N-dealkylation sites (tertiary alicyclic amines) is 1. The van der Waals surface area contributed by atoms with Gasteiger partial charge in [0, 0.05) is 19.5 Å². The van der Waals surface area contributed by atoms with Crippen LogP contribution in [0.5, 0.6) is 0 Å². The van der Waals surface area contributed by atoms with E-state index in [2.05, 4.69) is 5.32 Å². The van der Waals surface area contributed by atoms with Crippen LogP contribution in [0.25, 0.3) is 0 Å². The van der Waals surface area contributed by atoms with E-state index in [1.807, 2.05) is 11.9 Å². The minimum atomic E-state index is 0.332. The summed E-state index contributed by atoms with van der Waals surface area (Å²) in [7, 11) is 1.95. The molecule has 2 heterocycles. The summed E-state index contributed by atoms with van der Waals surface area (Å²) in [4.78, 5) is 13.3. The Morgan fingerprint density at radius 1 is 1.50 bits per heavy atom. The molecule has 0 spiro atoms. The highest BCUT2D eigenvalue weighted by Gasteiger charge is 2.34. The maximum Gasteiger partial charge on any atom is 0.222 e. The topological polar surface area (TPSA) is 32.3 Å². The summed E-state index contributed by atoms with van der Waals surface area (Å²) in [6, 6.07) is 0.521. The van der Waals surface area contributed by atoms with E-state index in [1.165, 1.54) is 0 Å². The molecule has 0 radical (unpaired) electrons. The first-order valence-electron chi connectivity index (χ1n) is 4.75. The number of nitrogens with one attached hydrogen (secondary N) is 1. The summed E-state index contributed by atoms with van der Waals surface area (Å²) in [5, 5.41) is 3.38. The summed E-state index contributed by atoms with van der Waals surface area (Å²) in [6.07, 6.45) is 2.97. The van der Waals surface area contributed by atoms with E-state index in [0.717, 1.165) is 32.4 Å². The number of amides is 1. The van der Waals surface area contributed by atoms with Crippen molar-refractivity contribution in [3.05, 3.63) is 0 Å². The van der Waals surface area contributed by atoms with Crippen LogP contribution in [-0.2, 0) is 4.79 Å². The van der Waals surface area contributed by atoms with Crippen molar-refractivity contribution >= 4 is 5.91 Å². The van der Waals surface area contributed by atoms with Crippen molar-refractivity contribution in [2.24, 2.45) is 5.92 Å². The van der Waals surface area contributed by atoms with Gasteiger partial charge in [-0.2, -0.15) is 0 Å². The summed E-state index contributed by atoms with van der Waals surface area (Å²) in [5.74, 6) is 1.04. The number of nitrogens with zero attached hydrogens (tertiary/aromatic N) is 1. The van der Waals surface area contributed by atoms with Crippen LogP contribution in [0, 0.1) is 5.92 Å². The van der Waals surface area contributed by atoms with Crippen LogP contribution in [-0.4, -0.2) is 37.0 Å². The average molecular weight is 168 g/mol. The largest absolute Gasteiger partial charge is 0.342 e.